The van der Waals surface area contributed by atoms with E-state index in [9.17, 15) is 0 Å². The summed E-state index contributed by atoms with van der Waals surface area (Å²) in [5.74, 6) is 3.15. The number of hydrogen-bond donors (Lipinski definition) is 1. The van der Waals surface area contributed by atoms with Gasteiger partial charge in [-0.25, -0.2) is 0 Å². The minimum absolute atomic E-state index is 0.623. The van der Waals surface area contributed by atoms with Crippen LogP contribution in [0.15, 0.2) is 18.3 Å². The van der Waals surface area contributed by atoms with Gasteiger partial charge in [0.2, 0.25) is 0 Å². The zero-order valence-electron chi connectivity index (χ0n) is 11.1. The van der Waals surface area contributed by atoms with Crippen molar-refractivity contribution < 1.29 is 0 Å². The van der Waals surface area contributed by atoms with Crippen molar-refractivity contribution in [3.05, 3.63) is 24.0 Å². The molecule has 0 saturated heterocycles. The first kappa shape index (κ1) is 11.1. The highest BCUT2D eigenvalue weighted by molar-refractivity contribution is 5.09. The summed E-state index contributed by atoms with van der Waals surface area (Å²) >= 11 is 0. The Morgan fingerprint density at radius 3 is 2.28 bits per heavy atom. The van der Waals surface area contributed by atoms with E-state index in [-0.39, 0.29) is 0 Å². The Bertz CT molecular complexity index is 410. The predicted molar refractivity (Wildman–Crippen MR) is 72.9 cm³/mol. The Morgan fingerprint density at radius 2 is 1.72 bits per heavy atom. The largest absolute Gasteiger partial charge is 0.350 e. The van der Waals surface area contributed by atoms with Crippen LogP contribution in [0.1, 0.15) is 44.2 Å². The van der Waals surface area contributed by atoms with Gasteiger partial charge in [-0.1, -0.05) is 0 Å². The van der Waals surface area contributed by atoms with Crippen LogP contribution in [0.3, 0.4) is 0 Å². The third-order valence-electron chi connectivity index (χ3n) is 5.80. The minimum atomic E-state index is 0.623. The molecule has 0 aromatic carbocycles. The molecule has 4 aliphatic rings. The lowest BCUT2D eigenvalue weighted by atomic mass is 9.49. The molecule has 1 heterocycles. The molecule has 1 aromatic rings. The fourth-order valence-corrected chi connectivity index (χ4v) is 5.63. The van der Waals surface area contributed by atoms with E-state index >= 15 is 0 Å². The Labute approximate surface area is 110 Å². The molecule has 0 radical (unpaired) electrons. The summed E-state index contributed by atoms with van der Waals surface area (Å²) in [6.45, 7) is 1.91. The molecule has 0 atom stereocenters. The molecule has 0 unspecified atom stereocenters. The molecule has 5 rings (SSSR count). The summed E-state index contributed by atoms with van der Waals surface area (Å²) in [5, 5.41) is 0. The summed E-state index contributed by atoms with van der Waals surface area (Å²) in [7, 11) is 0. The molecular weight excluding hydrogens is 220 g/mol. The molecular formula is C16H24N2. The summed E-state index contributed by atoms with van der Waals surface area (Å²) in [6.07, 6.45) is 11.3. The molecule has 2 N–H and O–H groups in total. The van der Waals surface area contributed by atoms with Gasteiger partial charge in [-0.2, -0.15) is 0 Å². The Morgan fingerprint density at radius 1 is 1.11 bits per heavy atom. The summed E-state index contributed by atoms with van der Waals surface area (Å²) in [6, 6.07) is 4.34. The maximum absolute atomic E-state index is 5.84. The van der Waals surface area contributed by atoms with Crippen molar-refractivity contribution in [1.82, 2.24) is 4.57 Å². The van der Waals surface area contributed by atoms with Crippen LogP contribution in [0.4, 0.5) is 0 Å². The van der Waals surface area contributed by atoms with Gasteiger partial charge in [0, 0.05) is 25.0 Å². The summed E-state index contributed by atoms with van der Waals surface area (Å²) in [4.78, 5) is 0. The average molecular weight is 244 g/mol. The van der Waals surface area contributed by atoms with Gasteiger partial charge in [-0.15, -0.1) is 0 Å². The van der Waals surface area contributed by atoms with Gasteiger partial charge in [0.25, 0.3) is 0 Å². The van der Waals surface area contributed by atoms with Crippen molar-refractivity contribution >= 4 is 0 Å². The fourth-order valence-electron chi connectivity index (χ4n) is 5.63. The molecule has 98 valence electrons. The van der Waals surface area contributed by atoms with Crippen LogP contribution in [0.5, 0.6) is 0 Å². The molecule has 4 fully saturated rings. The van der Waals surface area contributed by atoms with Gasteiger partial charge >= 0.3 is 0 Å². The zero-order valence-corrected chi connectivity index (χ0v) is 11.1. The molecule has 4 bridgehead atoms. The molecule has 2 heteroatoms. The Balaban J connectivity index is 1.61. The topological polar surface area (TPSA) is 30.9 Å². The van der Waals surface area contributed by atoms with Crippen molar-refractivity contribution in [2.75, 3.05) is 0 Å². The monoisotopic (exact) mass is 244 g/mol. The van der Waals surface area contributed by atoms with E-state index in [1.807, 2.05) is 0 Å². The van der Waals surface area contributed by atoms with Crippen LogP contribution in [0.25, 0.3) is 0 Å². The Kier molecular flexibility index (Phi) is 2.38. The van der Waals surface area contributed by atoms with Crippen molar-refractivity contribution in [1.29, 1.82) is 0 Å². The van der Waals surface area contributed by atoms with E-state index in [0.717, 1.165) is 17.8 Å². The van der Waals surface area contributed by atoms with E-state index in [1.54, 1.807) is 0 Å². The maximum atomic E-state index is 5.84. The van der Waals surface area contributed by atoms with Gasteiger partial charge in [0.1, 0.15) is 0 Å². The highest BCUT2D eigenvalue weighted by Gasteiger charge is 2.50. The molecule has 18 heavy (non-hydrogen) atoms. The van der Waals surface area contributed by atoms with Gasteiger partial charge in [0.15, 0.2) is 0 Å². The molecule has 4 saturated carbocycles. The average Bonchev–Trinajstić information content (AvgIpc) is 2.73. The van der Waals surface area contributed by atoms with Gasteiger partial charge in [0.05, 0.1) is 0 Å². The second-order valence-electron chi connectivity index (χ2n) is 7.25. The molecule has 0 aliphatic heterocycles. The Hall–Kier alpha value is -0.760. The third kappa shape index (κ3) is 1.65. The lowest BCUT2D eigenvalue weighted by Gasteiger charge is -2.57. The quantitative estimate of drug-likeness (QED) is 0.870. The van der Waals surface area contributed by atoms with Crippen molar-refractivity contribution in [2.45, 2.75) is 51.6 Å². The smallest absolute Gasteiger partial charge is 0.0334 e. The van der Waals surface area contributed by atoms with E-state index in [0.29, 0.717) is 12.0 Å². The lowest BCUT2D eigenvalue weighted by Crippen LogP contribution is -2.48. The van der Waals surface area contributed by atoms with E-state index < -0.39 is 0 Å². The highest BCUT2D eigenvalue weighted by Crippen LogP contribution is 2.60. The highest BCUT2D eigenvalue weighted by atomic mass is 15.0. The van der Waals surface area contributed by atoms with Crippen LogP contribution >= 0.6 is 0 Å². The van der Waals surface area contributed by atoms with Crippen LogP contribution in [-0.4, -0.2) is 4.57 Å². The fraction of sp³-hybridized carbons (Fsp3) is 0.750. The molecule has 2 nitrogen and oxygen atoms in total. The minimum Gasteiger partial charge on any atom is -0.350 e. The maximum Gasteiger partial charge on any atom is 0.0334 e. The first-order chi connectivity index (χ1) is 8.76. The standard InChI is InChI=1S/C16H24N2/c17-10-15-2-1-3-18(15)11-16-7-12-4-13(8-16)6-14(5-12)9-16/h1-3,12-14H,4-11,17H2. The molecule has 1 aromatic heterocycles. The first-order valence-corrected chi connectivity index (χ1v) is 7.60. The number of hydrogen-bond acceptors (Lipinski definition) is 1. The summed E-state index contributed by atoms with van der Waals surface area (Å²) in [5.41, 5.74) is 7.77. The van der Waals surface area contributed by atoms with Gasteiger partial charge in [-0.05, 0) is 73.8 Å². The third-order valence-corrected chi connectivity index (χ3v) is 5.80. The van der Waals surface area contributed by atoms with E-state index in [4.69, 9.17) is 5.73 Å². The number of rotatable bonds is 3. The first-order valence-electron chi connectivity index (χ1n) is 7.60. The van der Waals surface area contributed by atoms with Crippen molar-refractivity contribution in [2.24, 2.45) is 28.9 Å². The lowest BCUT2D eigenvalue weighted by molar-refractivity contribution is -0.0621. The zero-order chi connectivity index (χ0) is 12.2. The molecule has 0 spiro atoms. The van der Waals surface area contributed by atoms with Crippen LogP contribution in [0.2, 0.25) is 0 Å². The SMILES string of the molecule is NCc1cccn1CC12CC3CC(CC(C3)C1)C2. The summed E-state index contributed by atoms with van der Waals surface area (Å²) < 4.78 is 2.44. The number of aromatic nitrogens is 1. The second kappa shape index (κ2) is 3.86. The van der Waals surface area contributed by atoms with Gasteiger partial charge in [-0.3, -0.25) is 0 Å². The number of nitrogens with two attached hydrogens (primary N) is 1. The van der Waals surface area contributed by atoms with Crippen molar-refractivity contribution in [3.63, 3.8) is 0 Å². The van der Waals surface area contributed by atoms with E-state index in [2.05, 4.69) is 22.9 Å². The number of nitrogens with zero attached hydrogens (tertiary/aromatic N) is 1. The van der Waals surface area contributed by atoms with Gasteiger partial charge < -0.3 is 10.3 Å². The van der Waals surface area contributed by atoms with Crippen LogP contribution in [0, 0.1) is 23.2 Å². The van der Waals surface area contributed by atoms with E-state index in [1.165, 1.54) is 50.8 Å². The predicted octanol–water partition coefficient (Wildman–Crippen LogP) is 3.16. The van der Waals surface area contributed by atoms with Crippen LogP contribution < -0.4 is 5.73 Å². The van der Waals surface area contributed by atoms with Crippen molar-refractivity contribution in [3.8, 4) is 0 Å². The molecule has 0 amide bonds. The molecule has 4 aliphatic carbocycles. The second-order valence-corrected chi connectivity index (χ2v) is 7.25. The van der Waals surface area contributed by atoms with Crippen LogP contribution in [-0.2, 0) is 13.1 Å². The normalized spacial score (nSPS) is 41.5.